The quantitative estimate of drug-likeness (QED) is 0.452. The van der Waals surface area contributed by atoms with E-state index in [0.717, 1.165) is 4.68 Å². The van der Waals surface area contributed by atoms with Crippen molar-refractivity contribution in [2.75, 3.05) is 0 Å². The summed E-state index contributed by atoms with van der Waals surface area (Å²) in [6, 6.07) is 5.01. The molecule has 0 aliphatic rings. The van der Waals surface area contributed by atoms with Crippen molar-refractivity contribution in [3.05, 3.63) is 54.8 Å². The number of benzene rings is 1. The van der Waals surface area contributed by atoms with Gasteiger partial charge in [0.1, 0.15) is 6.54 Å². The van der Waals surface area contributed by atoms with Crippen LogP contribution in [0, 0.1) is 20.2 Å². The molecule has 0 saturated carbocycles. The van der Waals surface area contributed by atoms with E-state index >= 15 is 0 Å². The summed E-state index contributed by atoms with van der Waals surface area (Å²) in [4.78, 5) is 35.2. The maximum absolute atomic E-state index is 12.0. The lowest BCUT2D eigenvalue weighted by atomic mass is 10.1. The molecule has 2 aromatic rings. The van der Waals surface area contributed by atoms with Crippen LogP contribution in [0.3, 0.4) is 0 Å². The van der Waals surface area contributed by atoms with E-state index in [1.54, 1.807) is 0 Å². The van der Waals surface area contributed by atoms with Crippen molar-refractivity contribution < 1.29 is 14.6 Å². The highest BCUT2D eigenvalue weighted by Gasteiger charge is 2.21. The predicted octanol–water partition coefficient (Wildman–Crippen LogP) is 1.74. The highest BCUT2D eigenvalue weighted by Crippen LogP contribution is 2.15. The van der Waals surface area contributed by atoms with Crippen LogP contribution in [-0.2, 0) is 6.54 Å². The normalized spacial score (nSPS) is 10.3. The summed E-state index contributed by atoms with van der Waals surface area (Å²) < 4.78 is 1.08. The highest BCUT2D eigenvalue weighted by atomic mass is 79.9. The molecule has 0 atom stereocenters. The maximum Gasteiger partial charge on any atom is 0.492 e. The largest absolute Gasteiger partial charge is 0.492 e. The number of nitro groups is 2. The summed E-state index contributed by atoms with van der Waals surface area (Å²) in [5, 5.41) is 24.6. The van der Waals surface area contributed by atoms with Crippen LogP contribution < -0.4 is 0 Å². The number of hydrogen-bond acceptors (Lipinski definition) is 7. The third-order valence-electron chi connectivity index (χ3n) is 2.47. The lowest BCUT2D eigenvalue weighted by molar-refractivity contribution is -0.394. The molecule has 0 aliphatic heterocycles. The number of halogens is 1. The van der Waals surface area contributed by atoms with Crippen LogP contribution in [0.5, 0.6) is 0 Å². The number of Topliss-reactive ketones (excluding diaryl/α,β-unsaturated/α-hetero) is 1. The van der Waals surface area contributed by atoms with Crippen molar-refractivity contribution in [1.29, 1.82) is 0 Å². The van der Waals surface area contributed by atoms with E-state index in [9.17, 15) is 25.0 Å². The summed E-state index contributed by atoms with van der Waals surface area (Å²) in [6.45, 7) is -0.279. The zero-order valence-electron chi connectivity index (χ0n) is 10.2. The average Bonchev–Trinajstić information content (AvgIpc) is 2.80. The highest BCUT2D eigenvalue weighted by molar-refractivity contribution is 9.10. The van der Waals surface area contributed by atoms with E-state index in [4.69, 9.17) is 0 Å². The number of non-ortho nitro benzene ring substituents is 1. The van der Waals surface area contributed by atoms with Crippen molar-refractivity contribution in [2.45, 2.75) is 6.54 Å². The van der Waals surface area contributed by atoms with Gasteiger partial charge in [-0.25, -0.2) is 0 Å². The number of nitrogens with zero attached hydrogens (tertiary/aromatic N) is 5. The SMILES string of the molecule is O=C(Cn1nc([N+](=O)[O-])nc1Br)c1ccc([N+](=O)[O-])cc1. The van der Waals surface area contributed by atoms with E-state index in [1.165, 1.54) is 24.3 Å². The summed E-state index contributed by atoms with van der Waals surface area (Å²) >= 11 is 2.96. The minimum Gasteiger partial charge on any atom is -0.390 e. The zero-order valence-corrected chi connectivity index (χ0v) is 11.8. The Morgan fingerprint density at radius 3 is 2.29 bits per heavy atom. The molecule has 0 amide bonds. The Labute approximate surface area is 124 Å². The number of ketones is 1. The van der Waals surface area contributed by atoms with E-state index in [2.05, 4.69) is 26.0 Å². The van der Waals surface area contributed by atoms with Gasteiger partial charge in [-0.05, 0) is 22.0 Å². The van der Waals surface area contributed by atoms with Gasteiger partial charge in [0, 0.05) is 38.7 Å². The second-order valence-electron chi connectivity index (χ2n) is 3.82. The summed E-state index contributed by atoms with van der Waals surface area (Å²) in [6.07, 6.45) is 0. The molecule has 0 bridgehead atoms. The Bertz CT molecular complexity index is 726. The fourth-order valence-electron chi connectivity index (χ4n) is 1.49. The van der Waals surface area contributed by atoms with Gasteiger partial charge in [-0.15, -0.1) is 0 Å². The first kappa shape index (κ1) is 14.7. The molecule has 0 saturated heterocycles. The lowest BCUT2D eigenvalue weighted by Gasteiger charge is -1.99. The van der Waals surface area contributed by atoms with Gasteiger partial charge in [-0.1, -0.05) is 0 Å². The molecule has 0 aliphatic carbocycles. The first-order valence-corrected chi connectivity index (χ1v) is 6.20. The van der Waals surface area contributed by atoms with Gasteiger partial charge in [0.2, 0.25) is 0 Å². The Kier molecular flexibility index (Phi) is 4.03. The molecule has 0 radical (unpaired) electrons. The van der Waals surface area contributed by atoms with Crippen LogP contribution in [0.2, 0.25) is 0 Å². The van der Waals surface area contributed by atoms with Crippen LogP contribution in [-0.4, -0.2) is 30.4 Å². The number of aromatic nitrogens is 3. The van der Waals surface area contributed by atoms with Gasteiger partial charge in [0.15, 0.2) is 5.78 Å². The van der Waals surface area contributed by atoms with Gasteiger partial charge in [0.05, 0.1) is 4.92 Å². The fraction of sp³-hybridized carbons (Fsp3) is 0.100. The van der Waals surface area contributed by atoms with Crippen molar-refractivity contribution in [2.24, 2.45) is 0 Å². The molecule has 108 valence electrons. The van der Waals surface area contributed by atoms with Crippen molar-refractivity contribution in [3.8, 4) is 0 Å². The number of hydrogen-bond donors (Lipinski definition) is 0. The number of carbonyl (C=O) groups excluding carboxylic acids is 1. The van der Waals surface area contributed by atoms with Crippen LogP contribution in [0.25, 0.3) is 0 Å². The predicted molar refractivity (Wildman–Crippen MR) is 71.8 cm³/mol. The van der Waals surface area contributed by atoms with Crippen LogP contribution >= 0.6 is 15.9 Å². The molecule has 1 aromatic heterocycles. The van der Waals surface area contributed by atoms with E-state index in [-0.39, 0.29) is 22.5 Å². The standard InChI is InChI=1S/C10H6BrN5O5/c11-9-12-10(16(20)21)13-14(9)5-8(17)6-1-3-7(4-2-6)15(18)19/h1-4H,5H2. The number of rotatable bonds is 5. The smallest absolute Gasteiger partial charge is 0.390 e. The number of nitro benzene ring substituents is 1. The third kappa shape index (κ3) is 3.25. The second-order valence-corrected chi connectivity index (χ2v) is 4.53. The Morgan fingerprint density at radius 2 is 1.81 bits per heavy atom. The van der Waals surface area contributed by atoms with Gasteiger partial charge in [-0.3, -0.25) is 14.9 Å². The first-order valence-electron chi connectivity index (χ1n) is 5.41. The van der Waals surface area contributed by atoms with E-state index in [0.29, 0.717) is 0 Å². The first-order chi connectivity index (χ1) is 9.88. The zero-order chi connectivity index (χ0) is 15.6. The lowest BCUT2D eigenvalue weighted by Crippen LogP contribution is -2.12. The summed E-state index contributed by atoms with van der Waals surface area (Å²) in [5.74, 6) is -1.04. The molecule has 2 rings (SSSR count). The molecule has 1 heterocycles. The van der Waals surface area contributed by atoms with Crippen molar-refractivity contribution in [1.82, 2.24) is 14.8 Å². The molecule has 21 heavy (non-hydrogen) atoms. The molecule has 0 fully saturated rings. The summed E-state index contributed by atoms with van der Waals surface area (Å²) in [5.41, 5.74) is 0.0924. The van der Waals surface area contributed by atoms with Crippen molar-refractivity contribution in [3.63, 3.8) is 0 Å². The van der Waals surface area contributed by atoms with Gasteiger partial charge >= 0.3 is 5.95 Å². The number of carbonyl (C=O) groups is 1. The van der Waals surface area contributed by atoms with Gasteiger partial charge < -0.3 is 10.1 Å². The van der Waals surface area contributed by atoms with Crippen LogP contribution in [0.15, 0.2) is 29.0 Å². The van der Waals surface area contributed by atoms with Crippen LogP contribution in [0.1, 0.15) is 10.4 Å². The Balaban J connectivity index is 2.17. The monoisotopic (exact) mass is 355 g/mol. The fourth-order valence-corrected chi connectivity index (χ4v) is 1.85. The molecular formula is C10H6BrN5O5. The molecule has 0 N–H and O–H groups in total. The Morgan fingerprint density at radius 1 is 1.19 bits per heavy atom. The maximum atomic E-state index is 12.0. The van der Waals surface area contributed by atoms with E-state index in [1.807, 2.05) is 0 Å². The molecule has 10 nitrogen and oxygen atoms in total. The van der Waals surface area contributed by atoms with E-state index < -0.39 is 21.6 Å². The molecule has 1 aromatic carbocycles. The minimum atomic E-state index is -0.780. The molecule has 0 unspecified atom stereocenters. The summed E-state index contributed by atoms with van der Waals surface area (Å²) in [7, 11) is 0. The average molecular weight is 356 g/mol. The van der Waals surface area contributed by atoms with Crippen molar-refractivity contribution >= 4 is 33.3 Å². The van der Waals surface area contributed by atoms with Crippen LogP contribution in [0.4, 0.5) is 11.6 Å². The van der Waals surface area contributed by atoms with Gasteiger partial charge in [0.25, 0.3) is 10.4 Å². The van der Waals surface area contributed by atoms with Gasteiger partial charge in [-0.2, -0.15) is 4.68 Å². The Hall–Kier alpha value is -2.69. The molecular weight excluding hydrogens is 350 g/mol. The topological polar surface area (TPSA) is 134 Å². The molecule has 11 heteroatoms. The third-order valence-corrected chi connectivity index (χ3v) is 3.06. The second kappa shape index (κ2) is 5.75. The molecule has 0 spiro atoms. The minimum absolute atomic E-state index is 0.0458.